The third kappa shape index (κ3) is 3.85. The number of hydrogen-bond acceptors (Lipinski definition) is 5. The van der Waals surface area contributed by atoms with Crippen LogP contribution in [0.2, 0.25) is 0 Å². The summed E-state index contributed by atoms with van der Waals surface area (Å²) in [6.07, 6.45) is -4.77. The van der Waals surface area contributed by atoms with Crippen LogP contribution in [-0.4, -0.2) is 29.3 Å². The average molecular weight is 391 g/mol. The highest BCUT2D eigenvalue weighted by Gasteiger charge is 2.31. The van der Waals surface area contributed by atoms with Gasteiger partial charge in [-0.3, -0.25) is 9.89 Å². The molecule has 10 heteroatoms. The highest BCUT2D eigenvalue weighted by molar-refractivity contribution is 6.03. The first kappa shape index (κ1) is 17.7. The Bertz CT molecular complexity index is 1020. The minimum absolute atomic E-state index is 0.153. The molecule has 2 N–H and O–H groups in total. The fourth-order valence-corrected chi connectivity index (χ4v) is 2.58. The molecule has 144 valence electrons. The van der Waals surface area contributed by atoms with E-state index in [1.54, 1.807) is 24.3 Å². The van der Waals surface area contributed by atoms with Crippen molar-refractivity contribution < 1.29 is 32.2 Å². The van der Waals surface area contributed by atoms with Crippen molar-refractivity contribution >= 4 is 11.6 Å². The molecule has 3 aromatic rings. The van der Waals surface area contributed by atoms with E-state index in [0.717, 1.165) is 17.7 Å². The Kier molecular flexibility index (Phi) is 4.30. The first-order valence-corrected chi connectivity index (χ1v) is 8.00. The van der Waals surface area contributed by atoms with Crippen molar-refractivity contribution in [3.63, 3.8) is 0 Å². The number of aromatic amines is 1. The standard InChI is InChI=1S/C18H12F3N3O4/c19-18(20,21)28-12-4-2-11(3-5-12)22-17(25)14-8-13(23-24-14)10-1-6-15-16(7-10)27-9-26-15/h1-8H,9H2,(H,22,25)(H,23,24). The van der Waals surface area contributed by atoms with Gasteiger partial charge in [0.15, 0.2) is 11.5 Å². The minimum Gasteiger partial charge on any atom is -0.454 e. The van der Waals surface area contributed by atoms with E-state index in [4.69, 9.17) is 9.47 Å². The molecule has 0 saturated carbocycles. The number of benzene rings is 2. The summed E-state index contributed by atoms with van der Waals surface area (Å²) in [5.41, 5.74) is 1.74. The predicted molar refractivity (Wildman–Crippen MR) is 91.2 cm³/mol. The second kappa shape index (κ2) is 6.80. The number of alkyl halides is 3. The number of amides is 1. The lowest BCUT2D eigenvalue weighted by Crippen LogP contribution is -2.17. The van der Waals surface area contributed by atoms with Gasteiger partial charge in [-0.15, -0.1) is 13.2 Å². The molecule has 1 aromatic heterocycles. The van der Waals surface area contributed by atoms with E-state index < -0.39 is 12.3 Å². The van der Waals surface area contributed by atoms with Crippen LogP contribution in [0, 0.1) is 0 Å². The quantitative estimate of drug-likeness (QED) is 0.703. The fraction of sp³-hybridized carbons (Fsp3) is 0.111. The first-order chi connectivity index (χ1) is 13.4. The second-order valence-electron chi connectivity index (χ2n) is 5.76. The van der Waals surface area contributed by atoms with Crippen molar-refractivity contribution in [2.75, 3.05) is 12.1 Å². The Morgan fingerprint density at radius 1 is 1.07 bits per heavy atom. The molecule has 0 radical (unpaired) electrons. The Morgan fingerprint density at radius 3 is 2.57 bits per heavy atom. The molecule has 0 saturated heterocycles. The Morgan fingerprint density at radius 2 is 1.82 bits per heavy atom. The number of carbonyl (C=O) groups is 1. The van der Waals surface area contributed by atoms with Crippen LogP contribution < -0.4 is 19.5 Å². The van der Waals surface area contributed by atoms with Crippen LogP contribution in [0.1, 0.15) is 10.5 Å². The number of nitrogens with one attached hydrogen (secondary N) is 2. The fourth-order valence-electron chi connectivity index (χ4n) is 2.58. The third-order valence-corrected chi connectivity index (χ3v) is 3.84. The zero-order chi connectivity index (χ0) is 19.7. The van der Waals surface area contributed by atoms with E-state index in [1.807, 2.05) is 0 Å². The van der Waals surface area contributed by atoms with Gasteiger partial charge in [0.2, 0.25) is 6.79 Å². The maximum absolute atomic E-state index is 12.3. The number of ether oxygens (including phenoxy) is 3. The molecular weight excluding hydrogens is 379 g/mol. The van der Waals surface area contributed by atoms with Gasteiger partial charge in [-0.05, 0) is 48.5 Å². The largest absolute Gasteiger partial charge is 0.573 e. The normalized spacial score (nSPS) is 12.7. The van der Waals surface area contributed by atoms with Crippen LogP contribution >= 0.6 is 0 Å². The number of fused-ring (bicyclic) bond motifs is 1. The number of carbonyl (C=O) groups excluding carboxylic acids is 1. The lowest BCUT2D eigenvalue weighted by Gasteiger charge is -2.09. The molecule has 0 aliphatic carbocycles. The van der Waals surface area contributed by atoms with Crippen LogP contribution in [0.3, 0.4) is 0 Å². The SMILES string of the molecule is O=C(Nc1ccc(OC(F)(F)F)cc1)c1cc(-c2ccc3c(c2)OCO3)n[nH]1. The lowest BCUT2D eigenvalue weighted by atomic mass is 10.1. The predicted octanol–water partition coefficient (Wildman–Crippen LogP) is 3.96. The molecule has 0 unspecified atom stereocenters. The van der Waals surface area contributed by atoms with E-state index in [2.05, 4.69) is 20.3 Å². The van der Waals surface area contributed by atoms with Crippen molar-refractivity contribution in [2.45, 2.75) is 6.36 Å². The smallest absolute Gasteiger partial charge is 0.454 e. The van der Waals surface area contributed by atoms with Gasteiger partial charge in [0.05, 0.1) is 5.69 Å². The lowest BCUT2D eigenvalue weighted by molar-refractivity contribution is -0.274. The Balaban J connectivity index is 1.44. The van der Waals surface area contributed by atoms with E-state index >= 15 is 0 Å². The van der Waals surface area contributed by atoms with Gasteiger partial charge in [-0.1, -0.05) is 0 Å². The summed E-state index contributed by atoms with van der Waals surface area (Å²) in [6, 6.07) is 11.6. The van der Waals surface area contributed by atoms with Gasteiger partial charge in [0.25, 0.3) is 5.91 Å². The second-order valence-corrected chi connectivity index (χ2v) is 5.76. The molecule has 4 rings (SSSR count). The number of aromatic nitrogens is 2. The van der Waals surface area contributed by atoms with Crippen LogP contribution in [0.4, 0.5) is 18.9 Å². The zero-order valence-electron chi connectivity index (χ0n) is 14.0. The van der Waals surface area contributed by atoms with E-state index in [1.165, 1.54) is 12.1 Å². The summed E-state index contributed by atoms with van der Waals surface area (Å²) >= 11 is 0. The van der Waals surface area contributed by atoms with Crippen LogP contribution in [-0.2, 0) is 0 Å². The van der Waals surface area contributed by atoms with Crippen molar-refractivity contribution in [3.8, 4) is 28.5 Å². The summed E-state index contributed by atoms with van der Waals surface area (Å²) in [4.78, 5) is 12.3. The van der Waals surface area contributed by atoms with Gasteiger partial charge < -0.3 is 19.5 Å². The maximum Gasteiger partial charge on any atom is 0.573 e. The average Bonchev–Trinajstić information content (AvgIpc) is 3.30. The van der Waals surface area contributed by atoms with E-state index in [9.17, 15) is 18.0 Å². The number of rotatable bonds is 4. The summed E-state index contributed by atoms with van der Waals surface area (Å²) in [7, 11) is 0. The molecular formula is C18H12F3N3O4. The van der Waals surface area contributed by atoms with Crippen molar-refractivity contribution in [1.82, 2.24) is 10.2 Å². The van der Waals surface area contributed by atoms with Gasteiger partial charge in [0.1, 0.15) is 11.4 Å². The molecule has 1 aliphatic rings. The van der Waals surface area contributed by atoms with Crippen molar-refractivity contribution in [3.05, 3.63) is 54.2 Å². The van der Waals surface area contributed by atoms with Crippen LogP contribution in [0.5, 0.6) is 17.2 Å². The zero-order valence-corrected chi connectivity index (χ0v) is 14.0. The van der Waals surface area contributed by atoms with Crippen LogP contribution in [0.15, 0.2) is 48.5 Å². The summed E-state index contributed by atoms with van der Waals surface area (Å²) in [6.45, 7) is 0.153. The van der Waals surface area contributed by atoms with Gasteiger partial charge in [-0.2, -0.15) is 5.10 Å². The molecule has 2 aromatic carbocycles. The van der Waals surface area contributed by atoms with Crippen molar-refractivity contribution in [2.24, 2.45) is 0 Å². The summed E-state index contributed by atoms with van der Waals surface area (Å²) in [5.74, 6) is 0.351. The maximum atomic E-state index is 12.3. The Hall–Kier alpha value is -3.69. The van der Waals surface area contributed by atoms with E-state index in [-0.39, 0.29) is 18.2 Å². The number of halogens is 3. The molecule has 1 amide bonds. The molecule has 1 aliphatic heterocycles. The molecule has 0 spiro atoms. The monoisotopic (exact) mass is 391 g/mol. The van der Waals surface area contributed by atoms with E-state index in [0.29, 0.717) is 22.9 Å². The van der Waals surface area contributed by atoms with Gasteiger partial charge in [0, 0.05) is 11.3 Å². The third-order valence-electron chi connectivity index (χ3n) is 3.84. The highest BCUT2D eigenvalue weighted by Crippen LogP contribution is 2.35. The van der Waals surface area contributed by atoms with Gasteiger partial charge >= 0.3 is 6.36 Å². The minimum atomic E-state index is -4.77. The molecule has 0 atom stereocenters. The van der Waals surface area contributed by atoms with Crippen LogP contribution in [0.25, 0.3) is 11.3 Å². The topological polar surface area (TPSA) is 85.5 Å². The van der Waals surface area contributed by atoms with Gasteiger partial charge in [-0.25, -0.2) is 0 Å². The number of H-pyrrole nitrogens is 1. The Labute approximate surface area is 156 Å². The molecule has 7 nitrogen and oxygen atoms in total. The van der Waals surface area contributed by atoms with Crippen molar-refractivity contribution in [1.29, 1.82) is 0 Å². The molecule has 0 bridgehead atoms. The first-order valence-electron chi connectivity index (χ1n) is 8.00. The molecule has 28 heavy (non-hydrogen) atoms. The summed E-state index contributed by atoms with van der Waals surface area (Å²) in [5, 5.41) is 9.29. The molecule has 0 fully saturated rings. The highest BCUT2D eigenvalue weighted by atomic mass is 19.4. The number of hydrogen-bond donors (Lipinski definition) is 2. The number of anilines is 1. The summed E-state index contributed by atoms with van der Waals surface area (Å²) < 4.78 is 50.9. The number of nitrogens with zero attached hydrogens (tertiary/aromatic N) is 1. The molecule has 2 heterocycles.